The second-order valence-electron chi connectivity index (χ2n) is 10.3. The number of rotatable bonds is 4. The van der Waals surface area contributed by atoms with Gasteiger partial charge in [-0.25, -0.2) is 4.39 Å². The van der Waals surface area contributed by atoms with Gasteiger partial charge in [0.05, 0.1) is 0 Å². The summed E-state index contributed by atoms with van der Waals surface area (Å²) in [5, 5.41) is 11.7. The summed E-state index contributed by atoms with van der Waals surface area (Å²) < 4.78 is 17.9. The van der Waals surface area contributed by atoms with Crippen LogP contribution >= 0.6 is 0 Å². The number of aromatic amines is 2. The van der Waals surface area contributed by atoms with Gasteiger partial charge >= 0.3 is 213 Å². The number of pyridine rings is 1. The number of aromatic nitrogens is 5. The van der Waals surface area contributed by atoms with Crippen molar-refractivity contribution in [2.24, 2.45) is 5.41 Å². The van der Waals surface area contributed by atoms with E-state index in [0.29, 0.717) is 11.5 Å². The van der Waals surface area contributed by atoms with Crippen LogP contribution in [0.1, 0.15) is 26.3 Å². The van der Waals surface area contributed by atoms with E-state index in [1.807, 2.05) is 39.0 Å². The van der Waals surface area contributed by atoms with E-state index >= 15 is 0 Å². The molecule has 0 spiro atoms. The van der Waals surface area contributed by atoms with Crippen molar-refractivity contribution in [3.63, 3.8) is 0 Å². The molecule has 0 saturated heterocycles. The van der Waals surface area contributed by atoms with Crippen molar-refractivity contribution in [3.05, 3.63) is 92.3 Å². The van der Waals surface area contributed by atoms with E-state index in [-0.39, 0.29) is 32.9 Å². The first-order valence-corrected chi connectivity index (χ1v) is 14.9. The summed E-state index contributed by atoms with van der Waals surface area (Å²) in [5.41, 5.74) is 7.11. The second-order valence-corrected chi connectivity index (χ2v) is 12.4. The van der Waals surface area contributed by atoms with Crippen molar-refractivity contribution >= 4 is 33.4 Å². The molecule has 2 aromatic carbocycles. The summed E-state index contributed by atoms with van der Waals surface area (Å²) in [5.74, 6) is 0.299. The van der Waals surface area contributed by atoms with Gasteiger partial charge in [-0.15, -0.1) is 0 Å². The van der Waals surface area contributed by atoms with Gasteiger partial charge < -0.3 is 0 Å². The average Bonchev–Trinajstić information content (AvgIpc) is 3.46. The van der Waals surface area contributed by atoms with Crippen molar-refractivity contribution in [1.29, 1.82) is 0 Å². The summed E-state index contributed by atoms with van der Waals surface area (Å²) in [4.78, 5) is 25.2. The van der Waals surface area contributed by atoms with Crippen molar-refractivity contribution in [1.82, 2.24) is 30.5 Å². The Labute approximate surface area is 234 Å². The van der Waals surface area contributed by atoms with Gasteiger partial charge in [0.1, 0.15) is 5.82 Å². The van der Waals surface area contributed by atoms with Crippen molar-refractivity contribution < 1.29 is 30.4 Å². The number of fused-ring (bicyclic) bond motifs is 2. The maximum atomic E-state index is 13.5. The molecule has 1 amide bonds. The summed E-state index contributed by atoms with van der Waals surface area (Å²) >= 11 is -0.307. The fourth-order valence-corrected chi connectivity index (χ4v) is 5.99. The number of hydrogen-bond donors (Lipinski definition) is 3. The Morgan fingerprint density at radius 1 is 1.03 bits per heavy atom. The van der Waals surface area contributed by atoms with Crippen LogP contribution in [-0.2, 0) is 4.79 Å². The third-order valence-corrected chi connectivity index (χ3v) is 8.22. The Hall–Kier alpha value is -4.12. The van der Waals surface area contributed by atoms with Crippen LogP contribution in [0.4, 0.5) is 4.39 Å². The number of allylic oxidation sites excluding steroid dienone is 3. The summed E-state index contributed by atoms with van der Waals surface area (Å²) in [7, 11) is 0. The molecule has 0 radical (unpaired) electrons. The SMILES string of the molecule is CC(C)(C)C(=O)NC1=CC(c2ccc3[nH]nc(-c4nc5c(-c6ccc(F)cc6)cncc5[nH]4)c3c2)=C[I-]C=C1. The van der Waals surface area contributed by atoms with Gasteiger partial charge in [-0.1, -0.05) is 0 Å². The number of hydrogen-bond acceptors (Lipinski definition) is 4. The molecule has 39 heavy (non-hydrogen) atoms. The predicted molar refractivity (Wildman–Crippen MR) is 147 cm³/mol. The van der Waals surface area contributed by atoms with Crippen LogP contribution in [0, 0.1) is 11.2 Å². The number of H-pyrrole nitrogens is 2. The fraction of sp³-hybridized carbons (Fsp3) is 0.133. The van der Waals surface area contributed by atoms with Crippen LogP contribution in [0.3, 0.4) is 0 Å². The second kappa shape index (κ2) is 9.88. The van der Waals surface area contributed by atoms with E-state index < -0.39 is 5.41 Å². The van der Waals surface area contributed by atoms with Crippen LogP contribution in [-0.4, -0.2) is 31.1 Å². The van der Waals surface area contributed by atoms with Gasteiger partial charge in [-0.05, 0) is 12.1 Å². The standard InChI is InChI=1S/C30H25FIN6O/c1-30(2,3)29(39)34-21-10-11-32-14-19(12-21)18-6-9-24-22(13-18)27(38-37-24)28-35-25-16-33-15-23(26(25)36-28)17-4-7-20(31)8-5-17/h4-16H,1-3H3,(H,34,39)(H,35,36)(H,37,38)/q-1. The molecular formula is C30H25FIN6O-. The van der Waals surface area contributed by atoms with Gasteiger partial charge in [0, 0.05) is 0 Å². The molecular weight excluding hydrogens is 606 g/mol. The molecule has 7 nitrogen and oxygen atoms in total. The minimum atomic E-state index is -0.483. The number of nitrogens with one attached hydrogen (secondary N) is 3. The zero-order chi connectivity index (χ0) is 27.1. The Morgan fingerprint density at radius 2 is 1.82 bits per heavy atom. The van der Waals surface area contributed by atoms with Gasteiger partial charge in [-0.3, -0.25) is 0 Å². The molecule has 3 aromatic heterocycles. The average molecular weight is 631 g/mol. The zero-order valence-corrected chi connectivity index (χ0v) is 23.7. The molecule has 5 aromatic rings. The van der Waals surface area contributed by atoms with Gasteiger partial charge in [0.25, 0.3) is 0 Å². The van der Waals surface area contributed by atoms with Crippen LogP contribution in [0.2, 0.25) is 0 Å². The van der Waals surface area contributed by atoms with E-state index in [0.717, 1.165) is 49.9 Å². The molecule has 0 unspecified atom stereocenters. The number of imidazole rings is 1. The summed E-state index contributed by atoms with van der Waals surface area (Å²) in [6.07, 6.45) is 7.47. The first kappa shape index (κ1) is 25.2. The minimum absolute atomic E-state index is 0.0233. The molecule has 4 heterocycles. The van der Waals surface area contributed by atoms with Crippen LogP contribution in [0.15, 0.2) is 80.9 Å². The topological polar surface area (TPSA) is 99.3 Å². The molecule has 1 aliphatic rings. The van der Waals surface area contributed by atoms with E-state index in [9.17, 15) is 9.18 Å². The fourth-order valence-electron chi connectivity index (χ4n) is 4.26. The summed E-state index contributed by atoms with van der Waals surface area (Å²) in [6, 6.07) is 12.5. The van der Waals surface area contributed by atoms with Crippen LogP contribution in [0.5, 0.6) is 0 Å². The first-order chi connectivity index (χ1) is 18.8. The summed E-state index contributed by atoms with van der Waals surface area (Å²) in [6.45, 7) is 5.70. The van der Waals surface area contributed by atoms with E-state index in [1.165, 1.54) is 12.1 Å². The maximum absolute atomic E-state index is 13.5. The number of carbonyl (C=O) groups excluding carboxylic acids is 1. The molecule has 0 aliphatic carbocycles. The van der Waals surface area contributed by atoms with E-state index in [4.69, 9.17) is 4.98 Å². The first-order valence-electron chi connectivity index (χ1n) is 12.4. The quantitative estimate of drug-likeness (QED) is 0.265. The molecule has 6 rings (SSSR count). The predicted octanol–water partition coefficient (Wildman–Crippen LogP) is 3.31. The zero-order valence-electron chi connectivity index (χ0n) is 21.5. The number of nitrogens with zero attached hydrogens (tertiary/aromatic N) is 3. The molecule has 3 N–H and O–H groups in total. The van der Waals surface area contributed by atoms with Crippen molar-refractivity contribution in [3.8, 4) is 22.6 Å². The number of amides is 1. The normalized spacial score (nSPS) is 14.1. The number of halogens is 2. The van der Waals surface area contributed by atoms with Crippen molar-refractivity contribution in [2.75, 3.05) is 0 Å². The Bertz CT molecular complexity index is 1820. The molecule has 0 atom stereocenters. The molecule has 1 aliphatic heterocycles. The number of benzene rings is 2. The van der Waals surface area contributed by atoms with Crippen LogP contribution < -0.4 is 26.5 Å². The molecule has 196 valence electrons. The molecule has 9 heteroatoms. The Kier molecular flexibility index (Phi) is 6.38. The van der Waals surface area contributed by atoms with Gasteiger partial charge in [0.15, 0.2) is 0 Å². The monoisotopic (exact) mass is 631 g/mol. The Morgan fingerprint density at radius 3 is 2.62 bits per heavy atom. The van der Waals surface area contributed by atoms with Crippen molar-refractivity contribution in [2.45, 2.75) is 20.8 Å². The third-order valence-electron chi connectivity index (χ3n) is 6.42. The molecule has 0 bridgehead atoms. The Balaban J connectivity index is 1.39. The molecule has 0 fully saturated rings. The van der Waals surface area contributed by atoms with Gasteiger partial charge in [-0.2, -0.15) is 0 Å². The van der Waals surface area contributed by atoms with E-state index in [2.05, 4.69) is 45.8 Å². The van der Waals surface area contributed by atoms with Crippen LogP contribution in [0.25, 0.3) is 50.2 Å². The number of carbonyl (C=O) groups is 1. The van der Waals surface area contributed by atoms with E-state index in [1.54, 1.807) is 24.5 Å². The molecule has 0 saturated carbocycles. The third kappa shape index (κ3) is 5.01. The van der Waals surface area contributed by atoms with Gasteiger partial charge in [0.2, 0.25) is 0 Å².